The Labute approximate surface area is 119 Å². The molecule has 1 aromatic rings. The maximum atomic E-state index is 11.8. The van der Waals surface area contributed by atoms with E-state index in [2.05, 4.69) is 11.6 Å². The number of carbonyl (C=O) groups excluding carboxylic acids is 1. The van der Waals surface area contributed by atoms with Crippen LogP contribution in [-0.4, -0.2) is 40.2 Å². The van der Waals surface area contributed by atoms with Crippen molar-refractivity contribution in [1.82, 2.24) is 4.98 Å². The van der Waals surface area contributed by atoms with Crippen molar-refractivity contribution in [2.24, 2.45) is 0 Å². The molecule has 0 unspecified atom stereocenters. The summed E-state index contributed by atoms with van der Waals surface area (Å²) >= 11 is 0. The van der Waals surface area contributed by atoms with E-state index in [-0.39, 0.29) is 12.4 Å². The lowest BCUT2D eigenvalue weighted by Gasteiger charge is -2.18. The lowest BCUT2D eigenvalue weighted by Crippen LogP contribution is -2.37. The van der Waals surface area contributed by atoms with E-state index < -0.39 is 29.2 Å². The summed E-state index contributed by atoms with van der Waals surface area (Å²) in [6, 6.07) is 1.19. The van der Waals surface area contributed by atoms with Crippen molar-refractivity contribution in [1.29, 1.82) is 0 Å². The normalized spacial score (nSPS) is 9.76. The third-order valence-electron chi connectivity index (χ3n) is 2.27. The predicted molar refractivity (Wildman–Crippen MR) is 72.2 cm³/mol. The minimum absolute atomic E-state index is 0.158. The molecule has 0 fully saturated rings. The van der Waals surface area contributed by atoms with Crippen LogP contribution in [0.1, 0.15) is 5.56 Å². The lowest BCUT2D eigenvalue weighted by molar-refractivity contribution is -0.384. The second-order valence-corrected chi connectivity index (χ2v) is 3.96. The monoisotopic (exact) mass is 295 g/mol. The number of aliphatic carboxylic acids is 1. The molecule has 0 bridgehead atoms. The number of anilines is 1. The number of hydrogen-bond donors (Lipinski definition) is 1. The van der Waals surface area contributed by atoms with E-state index in [1.54, 1.807) is 6.92 Å². The summed E-state index contributed by atoms with van der Waals surface area (Å²) in [5.74, 6) is -1.75. The van der Waals surface area contributed by atoms with Crippen LogP contribution in [0.3, 0.4) is 0 Å². The number of carbonyl (C=O) groups is 2. The van der Waals surface area contributed by atoms with E-state index in [0.717, 1.165) is 0 Å². The Balaban J connectivity index is 3.25. The average Bonchev–Trinajstić information content (AvgIpc) is 2.42. The summed E-state index contributed by atoms with van der Waals surface area (Å²) in [5, 5.41) is 19.9. The van der Waals surface area contributed by atoms with E-state index in [0.29, 0.717) is 10.5 Å². The number of aryl methyl sites for hydroxylation is 1. The van der Waals surface area contributed by atoms with Gasteiger partial charge in [-0.15, -0.1) is 0 Å². The quantitative estimate of drug-likeness (QED) is 0.479. The van der Waals surface area contributed by atoms with Gasteiger partial charge in [0.05, 0.1) is 4.92 Å². The summed E-state index contributed by atoms with van der Waals surface area (Å²) in [6.07, 6.45) is 1.52. The number of rotatable bonds is 6. The molecule has 0 radical (unpaired) electrons. The van der Waals surface area contributed by atoms with E-state index >= 15 is 0 Å². The van der Waals surface area contributed by atoms with Crippen LogP contribution >= 0.6 is 0 Å². The van der Waals surface area contributed by atoms with Crippen LogP contribution in [0.5, 0.6) is 0 Å². The summed E-state index contributed by atoms with van der Waals surface area (Å²) in [6.45, 7) is 3.96. The van der Waals surface area contributed by atoms with E-state index in [1.165, 1.54) is 18.3 Å². The van der Waals surface area contributed by atoms with Gasteiger partial charge in [0.1, 0.15) is 13.2 Å². The van der Waals surface area contributed by atoms with Gasteiger partial charge in [-0.05, 0) is 12.5 Å². The molecule has 9 nitrogen and oxygen atoms in total. The predicted octanol–water partition coefficient (Wildman–Crippen LogP) is 1.51. The first kappa shape index (κ1) is 16.1. The molecule has 21 heavy (non-hydrogen) atoms. The fraction of sp³-hybridized carbons (Fsp3) is 0.250. The summed E-state index contributed by atoms with van der Waals surface area (Å²) < 4.78 is 4.72. The van der Waals surface area contributed by atoms with Crippen molar-refractivity contribution in [2.75, 3.05) is 18.1 Å². The van der Waals surface area contributed by atoms with Gasteiger partial charge >= 0.3 is 17.7 Å². The zero-order valence-corrected chi connectivity index (χ0v) is 11.2. The number of carboxylic acid groups (broad SMARTS) is 1. The molecular formula is C12H13N3O6. The van der Waals surface area contributed by atoms with Crippen molar-refractivity contribution in [3.05, 3.63) is 40.6 Å². The van der Waals surface area contributed by atoms with Gasteiger partial charge in [0.2, 0.25) is 5.82 Å². The number of nitro groups is 1. The summed E-state index contributed by atoms with van der Waals surface area (Å²) in [4.78, 5) is 37.3. The number of carboxylic acids is 1. The van der Waals surface area contributed by atoms with E-state index in [1.807, 2.05) is 0 Å². The van der Waals surface area contributed by atoms with Crippen LogP contribution in [0.25, 0.3) is 0 Å². The van der Waals surface area contributed by atoms with Gasteiger partial charge in [-0.25, -0.2) is 14.7 Å². The Kier molecular flexibility index (Phi) is 5.35. The highest BCUT2D eigenvalue weighted by Crippen LogP contribution is 2.26. The maximum Gasteiger partial charge on any atom is 0.416 e. The highest BCUT2D eigenvalue weighted by Gasteiger charge is 2.29. The second kappa shape index (κ2) is 6.98. The van der Waals surface area contributed by atoms with E-state index in [9.17, 15) is 19.7 Å². The summed E-state index contributed by atoms with van der Waals surface area (Å²) in [7, 11) is 0. The van der Waals surface area contributed by atoms with Crippen molar-refractivity contribution >= 4 is 23.6 Å². The van der Waals surface area contributed by atoms with Gasteiger partial charge in [0, 0.05) is 12.3 Å². The third-order valence-corrected chi connectivity index (χ3v) is 2.27. The number of ether oxygens (including phenoxy) is 1. The zero-order valence-electron chi connectivity index (χ0n) is 11.2. The average molecular weight is 295 g/mol. The van der Waals surface area contributed by atoms with Crippen molar-refractivity contribution in [3.8, 4) is 0 Å². The topological polar surface area (TPSA) is 123 Å². The molecule has 0 saturated carbocycles. The molecule has 0 atom stereocenters. The third kappa shape index (κ3) is 4.27. The summed E-state index contributed by atoms with van der Waals surface area (Å²) in [5.41, 5.74) is 0.0204. The van der Waals surface area contributed by atoms with Crippen LogP contribution in [0.4, 0.5) is 16.3 Å². The first-order valence-corrected chi connectivity index (χ1v) is 5.74. The van der Waals surface area contributed by atoms with Gasteiger partial charge in [-0.2, -0.15) is 0 Å². The number of aromatic nitrogens is 1. The molecule has 0 aliphatic rings. The van der Waals surface area contributed by atoms with Crippen LogP contribution in [-0.2, 0) is 9.53 Å². The van der Waals surface area contributed by atoms with Gasteiger partial charge in [0.25, 0.3) is 0 Å². The highest BCUT2D eigenvalue weighted by molar-refractivity contribution is 5.94. The Hall–Kier alpha value is -2.97. The number of amides is 1. The first-order valence-electron chi connectivity index (χ1n) is 5.74. The molecule has 0 aliphatic carbocycles. The number of nitrogens with zero attached hydrogens (tertiary/aromatic N) is 3. The molecule has 9 heteroatoms. The molecule has 0 aliphatic heterocycles. The van der Waals surface area contributed by atoms with Gasteiger partial charge in [-0.1, -0.05) is 12.7 Å². The Bertz CT molecular complexity index is 586. The minimum Gasteiger partial charge on any atom is -0.480 e. The highest BCUT2D eigenvalue weighted by atomic mass is 16.6. The molecule has 0 aromatic carbocycles. The maximum absolute atomic E-state index is 11.8. The molecule has 1 aromatic heterocycles. The lowest BCUT2D eigenvalue weighted by atomic mass is 10.2. The van der Waals surface area contributed by atoms with Crippen LogP contribution in [0.2, 0.25) is 0 Å². The smallest absolute Gasteiger partial charge is 0.416 e. The minimum atomic E-state index is -1.36. The molecule has 112 valence electrons. The molecule has 1 amide bonds. The Morgan fingerprint density at radius 1 is 1.62 bits per heavy atom. The van der Waals surface area contributed by atoms with Crippen molar-refractivity contribution in [2.45, 2.75) is 6.92 Å². The largest absolute Gasteiger partial charge is 0.480 e. The number of hydrogen-bond acceptors (Lipinski definition) is 6. The molecule has 1 heterocycles. The second-order valence-electron chi connectivity index (χ2n) is 3.96. The molecular weight excluding hydrogens is 282 g/mol. The fourth-order valence-electron chi connectivity index (χ4n) is 1.46. The van der Waals surface area contributed by atoms with Crippen LogP contribution < -0.4 is 4.90 Å². The Morgan fingerprint density at radius 2 is 2.29 bits per heavy atom. The van der Waals surface area contributed by atoms with Gasteiger partial charge < -0.3 is 9.84 Å². The van der Waals surface area contributed by atoms with Gasteiger partial charge in [-0.3, -0.25) is 14.9 Å². The van der Waals surface area contributed by atoms with Gasteiger partial charge in [0.15, 0.2) is 0 Å². The van der Waals surface area contributed by atoms with Crippen LogP contribution in [0.15, 0.2) is 24.9 Å². The number of pyridine rings is 1. The Morgan fingerprint density at radius 3 is 2.81 bits per heavy atom. The zero-order chi connectivity index (χ0) is 16.0. The first-order chi connectivity index (χ1) is 9.86. The molecule has 0 saturated heterocycles. The molecule has 1 rings (SSSR count). The van der Waals surface area contributed by atoms with E-state index in [4.69, 9.17) is 9.84 Å². The fourth-order valence-corrected chi connectivity index (χ4v) is 1.46. The molecule has 0 spiro atoms. The standard InChI is InChI=1S/C12H13N3O6/c1-3-4-21-12(18)14(7-10(16)17)11-9(15(19)20)5-8(2)6-13-11/h3,5-6H,1,4,7H2,2H3,(H,16,17). The van der Waals surface area contributed by atoms with Crippen molar-refractivity contribution < 1.29 is 24.4 Å². The van der Waals surface area contributed by atoms with Crippen molar-refractivity contribution in [3.63, 3.8) is 0 Å². The SMILES string of the molecule is C=CCOC(=O)N(CC(=O)O)c1ncc(C)cc1[N+](=O)[O-]. The van der Waals surface area contributed by atoms with Crippen LogP contribution in [0, 0.1) is 17.0 Å². The molecule has 1 N–H and O–H groups in total.